The topological polar surface area (TPSA) is 373 Å². The minimum absolute atomic E-state index is 0.0637. The lowest BCUT2D eigenvalue weighted by Gasteiger charge is -2.09. The average Bonchev–Trinajstić information content (AvgIpc) is 0.859. The van der Waals surface area contributed by atoms with Gasteiger partial charge in [0.2, 0.25) is 0 Å². The number of hydrogen-bond donors (Lipinski definition) is 1. The van der Waals surface area contributed by atoms with Gasteiger partial charge < -0.3 is 114 Å². The minimum Gasteiger partial charge on any atom is -0.392 e. The molecule has 0 spiro atoms. The van der Waals surface area contributed by atoms with Crippen LogP contribution >= 0.6 is 45.2 Å². The standard InChI is InChI=1S/C31H54IN3O12.C31H55N3O14S.C7H7IO/c32-31-3-1-30(2-4-31)29-47-28-27-46-26-25-45-24-23-44-22-21-43-20-19-42-18-17-41-16-15-40-14-13-39-12-11-38-10-9-37-8-7-36-6-5-34-35-33;1-30-2-4-31(5-3-30)49(35,36)48-29-28-47-27-26-46-25-24-45-23-22-44-21-20-43-19-18-42-17-16-41-15-14-40-13-12-39-11-10-38-9-8-37-7-6-33-34-32;8-7-3-1-6(5-9)2-4-7/h1-4H,5-29H2;2-5H,6-29H2,1H3;1-4,9H,5H2. The Labute approximate surface area is 647 Å². The van der Waals surface area contributed by atoms with E-state index in [-0.39, 0.29) is 24.7 Å². The Morgan fingerprint density at radius 3 is 0.714 bits per heavy atom. The lowest BCUT2D eigenvalue weighted by Crippen LogP contribution is -2.16. The number of hydrogen-bond acceptors (Lipinski definition) is 29. The van der Waals surface area contributed by atoms with Crippen molar-refractivity contribution < 1.29 is 127 Å². The van der Waals surface area contributed by atoms with Crippen LogP contribution in [0.2, 0.25) is 0 Å². The molecule has 0 saturated heterocycles. The highest BCUT2D eigenvalue weighted by Crippen LogP contribution is 2.13. The van der Waals surface area contributed by atoms with Gasteiger partial charge >= 0.3 is 0 Å². The second-order valence-corrected chi connectivity index (χ2v) is 25.0. The van der Waals surface area contributed by atoms with Crippen molar-refractivity contribution in [2.24, 2.45) is 10.2 Å². The average molecular weight is 1750 g/mol. The van der Waals surface area contributed by atoms with Crippen LogP contribution < -0.4 is 0 Å². The van der Waals surface area contributed by atoms with Crippen molar-refractivity contribution in [1.82, 2.24) is 0 Å². The van der Waals surface area contributed by atoms with Crippen LogP contribution in [0.25, 0.3) is 20.9 Å². The summed E-state index contributed by atoms with van der Waals surface area (Å²) in [6.07, 6.45) is 0. The van der Waals surface area contributed by atoms with Gasteiger partial charge in [0.15, 0.2) is 0 Å². The minimum atomic E-state index is -3.78. The van der Waals surface area contributed by atoms with Crippen LogP contribution in [0.3, 0.4) is 0 Å². The third-order valence-electron chi connectivity index (χ3n) is 12.7. The van der Waals surface area contributed by atoms with Crippen LogP contribution in [-0.2, 0) is 136 Å². The molecule has 0 aliphatic heterocycles. The molecule has 0 fully saturated rings. The zero-order valence-corrected chi connectivity index (χ0v) is 66.3. The molecule has 36 heteroatoms. The van der Waals surface area contributed by atoms with E-state index in [1.54, 1.807) is 12.1 Å². The van der Waals surface area contributed by atoms with Gasteiger partial charge in [0.1, 0.15) is 0 Å². The van der Waals surface area contributed by atoms with Crippen LogP contribution in [-0.4, -0.2) is 331 Å². The third-order valence-corrected chi connectivity index (χ3v) is 15.4. The largest absolute Gasteiger partial charge is 0.392 e. The Morgan fingerprint density at radius 1 is 0.295 bits per heavy atom. The molecule has 3 aromatic carbocycles. The number of aryl methyl sites for hydroxylation is 1. The molecule has 0 aromatic heterocycles. The van der Waals surface area contributed by atoms with Gasteiger partial charge in [0.05, 0.1) is 322 Å². The summed E-state index contributed by atoms with van der Waals surface area (Å²) >= 11 is 4.52. The van der Waals surface area contributed by atoms with Gasteiger partial charge in [-0.25, -0.2) is 0 Å². The zero-order chi connectivity index (χ0) is 75.6. The van der Waals surface area contributed by atoms with Crippen molar-refractivity contribution in [2.45, 2.75) is 25.0 Å². The Kier molecular flexibility index (Phi) is 77.5. The molecule has 0 atom stereocenters. The Morgan fingerprint density at radius 2 is 0.495 bits per heavy atom. The molecular formula is C69H116I2N6O27S. The van der Waals surface area contributed by atoms with Gasteiger partial charge in [0.25, 0.3) is 10.1 Å². The smallest absolute Gasteiger partial charge is 0.297 e. The van der Waals surface area contributed by atoms with Crippen LogP contribution in [0, 0.1) is 14.1 Å². The first-order valence-corrected chi connectivity index (χ1v) is 38.6. The molecule has 604 valence electrons. The van der Waals surface area contributed by atoms with Crippen molar-refractivity contribution >= 4 is 55.3 Å². The molecule has 0 amide bonds. The second-order valence-electron chi connectivity index (χ2n) is 20.9. The number of nitrogens with zero attached hydrogens (tertiary/aromatic N) is 6. The summed E-state index contributed by atoms with van der Waals surface area (Å²) in [4.78, 5) is 5.41. The quantitative estimate of drug-likeness (QED) is 0.0145. The van der Waals surface area contributed by atoms with Gasteiger partial charge in [-0.2, -0.15) is 8.42 Å². The van der Waals surface area contributed by atoms with Crippen molar-refractivity contribution in [3.05, 3.63) is 118 Å². The molecule has 0 saturated carbocycles. The Bertz CT molecular complexity index is 2520. The van der Waals surface area contributed by atoms with Crippen LogP contribution in [0.1, 0.15) is 16.7 Å². The fraction of sp³-hybridized carbons (Fsp3) is 0.739. The number of aliphatic hydroxyl groups excluding tert-OH is 1. The van der Waals surface area contributed by atoms with Gasteiger partial charge in [-0.15, -0.1) is 0 Å². The molecule has 0 bridgehead atoms. The second kappa shape index (κ2) is 81.7. The fourth-order valence-electron chi connectivity index (χ4n) is 7.36. The summed E-state index contributed by atoms with van der Waals surface area (Å²) in [5, 5.41) is 15.4. The normalized spacial score (nSPS) is 11.3. The van der Waals surface area contributed by atoms with E-state index >= 15 is 0 Å². The zero-order valence-electron chi connectivity index (χ0n) is 61.2. The molecular weight excluding hydrogens is 1630 g/mol. The number of azide groups is 2. The third kappa shape index (κ3) is 74.6. The predicted octanol–water partition coefficient (Wildman–Crippen LogP) is 7.28. The lowest BCUT2D eigenvalue weighted by atomic mass is 10.2. The summed E-state index contributed by atoms with van der Waals surface area (Å²) in [5.74, 6) is 0. The summed E-state index contributed by atoms with van der Waals surface area (Å²) < 4.78 is 156. The summed E-state index contributed by atoms with van der Waals surface area (Å²) in [6, 6.07) is 22.5. The molecule has 105 heavy (non-hydrogen) atoms. The molecule has 1 N–H and O–H groups in total. The Hall–Kier alpha value is -3.31. The van der Waals surface area contributed by atoms with Crippen LogP contribution in [0.15, 0.2) is 87.9 Å². The molecule has 0 aliphatic carbocycles. The highest BCUT2D eigenvalue weighted by atomic mass is 127. The van der Waals surface area contributed by atoms with E-state index in [1.165, 1.54) is 19.3 Å². The van der Waals surface area contributed by atoms with Gasteiger partial charge in [-0.3, -0.25) is 4.18 Å². The molecule has 3 aromatic rings. The Balaban J connectivity index is 0.000000934. The maximum absolute atomic E-state index is 12.1. The van der Waals surface area contributed by atoms with E-state index in [4.69, 9.17) is 129 Å². The summed E-state index contributed by atoms with van der Waals surface area (Å²) in [7, 11) is -3.78. The predicted molar refractivity (Wildman–Crippen MR) is 404 cm³/mol. The summed E-state index contributed by atoms with van der Waals surface area (Å²) in [6.45, 7) is 24.3. The first-order valence-electron chi connectivity index (χ1n) is 35.1. The van der Waals surface area contributed by atoms with E-state index in [2.05, 4.69) is 89.5 Å². The van der Waals surface area contributed by atoms with Gasteiger partial charge in [-0.1, -0.05) is 52.2 Å². The molecule has 33 nitrogen and oxygen atoms in total. The number of halogens is 2. The van der Waals surface area contributed by atoms with Crippen LogP contribution in [0.5, 0.6) is 0 Å². The van der Waals surface area contributed by atoms with E-state index in [1.807, 2.05) is 31.2 Å². The van der Waals surface area contributed by atoms with Crippen molar-refractivity contribution in [1.29, 1.82) is 0 Å². The number of aliphatic hydroxyl groups is 1. The molecule has 0 radical (unpaired) electrons. The molecule has 0 aliphatic rings. The lowest BCUT2D eigenvalue weighted by molar-refractivity contribution is -0.0284. The number of benzene rings is 3. The first kappa shape index (κ1) is 99.7. The molecule has 3 rings (SSSR count). The number of rotatable bonds is 77. The SMILES string of the molecule is Cc1ccc(S(=O)(=O)OCCOCCOCCOCCOCCOCCOCCOCCOCCOCCOCCOCCN=[N+]=[N-])cc1.OCc1ccc(I)cc1.[N-]=[N+]=NCCOCCOCCOCCOCCOCCOCCOCCOCCOCCOCCOCCOCc1ccc(I)cc1. The molecule has 0 unspecified atom stereocenters. The van der Waals surface area contributed by atoms with Gasteiger partial charge in [-0.05, 0) is 111 Å². The first-order chi connectivity index (χ1) is 51.7. The van der Waals surface area contributed by atoms with E-state index in [9.17, 15) is 8.42 Å². The highest BCUT2D eigenvalue weighted by Gasteiger charge is 2.14. The van der Waals surface area contributed by atoms with Crippen molar-refractivity contribution in [3.8, 4) is 0 Å². The number of ether oxygens (including phenoxy) is 23. The van der Waals surface area contributed by atoms with Crippen LogP contribution in [0.4, 0.5) is 0 Å². The fourth-order valence-corrected chi connectivity index (χ4v) is 8.97. The van der Waals surface area contributed by atoms with E-state index in [0.29, 0.717) is 310 Å². The van der Waals surface area contributed by atoms with Gasteiger partial charge in [0, 0.05) is 30.1 Å². The maximum Gasteiger partial charge on any atom is 0.297 e. The summed E-state index contributed by atoms with van der Waals surface area (Å²) in [5.41, 5.74) is 19.4. The monoisotopic (exact) mass is 1750 g/mol. The van der Waals surface area contributed by atoms with Crippen molar-refractivity contribution in [2.75, 3.05) is 317 Å². The van der Waals surface area contributed by atoms with Crippen molar-refractivity contribution in [3.63, 3.8) is 0 Å². The maximum atomic E-state index is 12.1. The highest BCUT2D eigenvalue weighted by molar-refractivity contribution is 14.1. The molecule has 0 heterocycles. The van der Waals surface area contributed by atoms with E-state index in [0.717, 1.165) is 16.7 Å². The van der Waals surface area contributed by atoms with E-state index < -0.39 is 10.1 Å².